The third kappa shape index (κ3) is 5.08. The van der Waals surface area contributed by atoms with E-state index < -0.39 is 0 Å². The van der Waals surface area contributed by atoms with Crippen LogP contribution in [0.4, 0.5) is 10.1 Å². The van der Waals surface area contributed by atoms with Crippen molar-refractivity contribution in [2.75, 3.05) is 25.4 Å². The van der Waals surface area contributed by atoms with Crippen LogP contribution in [0.15, 0.2) is 54.7 Å². The molecule has 1 heterocycles. The van der Waals surface area contributed by atoms with Crippen LogP contribution in [-0.2, 0) is 6.54 Å². The first-order chi connectivity index (χ1) is 12.9. The van der Waals surface area contributed by atoms with Gasteiger partial charge in [0, 0.05) is 60.8 Å². The number of ketones is 1. The lowest BCUT2D eigenvalue weighted by atomic mass is 10.1. The highest BCUT2D eigenvalue weighted by Crippen LogP contribution is 2.19. The molecule has 142 valence electrons. The predicted octanol–water partition coefficient (Wildman–Crippen LogP) is 3.96. The molecular weight excluding hydrogens is 365 g/mol. The van der Waals surface area contributed by atoms with Crippen molar-refractivity contribution in [2.45, 2.75) is 19.5 Å². The average Bonchev–Trinajstić information content (AvgIpc) is 2.64. The topological polar surface area (TPSA) is 49.6 Å². The van der Waals surface area contributed by atoms with Gasteiger partial charge in [0.05, 0.1) is 0 Å². The molecule has 6 heteroatoms. The number of nitrogens with zero attached hydrogens (tertiary/aromatic N) is 2. The first-order valence-electron chi connectivity index (χ1n) is 8.92. The standard InChI is InChI=1S/C21H23ClFN3O/c1-15-13-25(14-16-2-5-18(23)6-3-16)10-11-26(15)9-8-21(27)19-12-17(22)4-7-20(19)24/h2-9,12,15H,10-11,13-14,24H2,1H3/b9-8+. The van der Waals surface area contributed by atoms with Crippen LogP contribution in [0.5, 0.6) is 0 Å². The van der Waals surface area contributed by atoms with E-state index in [1.54, 1.807) is 24.3 Å². The molecule has 1 unspecified atom stereocenters. The molecule has 0 aromatic heterocycles. The van der Waals surface area contributed by atoms with Crippen molar-refractivity contribution in [1.29, 1.82) is 0 Å². The summed E-state index contributed by atoms with van der Waals surface area (Å²) in [6, 6.07) is 11.8. The normalized spacial score (nSPS) is 18.2. The van der Waals surface area contributed by atoms with Crippen molar-refractivity contribution >= 4 is 23.1 Å². The van der Waals surface area contributed by atoms with Gasteiger partial charge in [0.15, 0.2) is 5.78 Å². The minimum absolute atomic E-state index is 0.157. The lowest BCUT2D eigenvalue weighted by Crippen LogP contribution is -2.49. The summed E-state index contributed by atoms with van der Waals surface area (Å²) < 4.78 is 13.0. The molecule has 1 aliphatic rings. The van der Waals surface area contributed by atoms with Gasteiger partial charge in [0.2, 0.25) is 0 Å². The first-order valence-corrected chi connectivity index (χ1v) is 9.30. The highest BCUT2D eigenvalue weighted by Gasteiger charge is 2.21. The van der Waals surface area contributed by atoms with E-state index in [1.807, 2.05) is 18.3 Å². The summed E-state index contributed by atoms with van der Waals surface area (Å²) in [6.07, 6.45) is 3.39. The Morgan fingerprint density at radius 2 is 2.00 bits per heavy atom. The van der Waals surface area contributed by atoms with Crippen molar-refractivity contribution in [3.63, 3.8) is 0 Å². The van der Waals surface area contributed by atoms with E-state index in [2.05, 4.69) is 16.7 Å². The number of carbonyl (C=O) groups is 1. The Kier molecular flexibility index (Phi) is 6.14. The van der Waals surface area contributed by atoms with Gasteiger partial charge in [-0.3, -0.25) is 9.69 Å². The van der Waals surface area contributed by atoms with Crippen LogP contribution in [0.25, 0.3) is 0 Å². The fraction of sp³-hybridized carbons (Fsp3) is 0.286. The van der Waals surface area contributed by atoms with Crippen molar-refractivity contribution < 1.29 is 9.18 Å². The average molecular weight is 388 g/mol. The number of benzene rings is 2. The largest absolute Gasteiger partial charge is 0.398 e. The molecule has 0 spiro atoms. The molecule has 3 rings (SSSR count). The molecule has 0 saturated carbocycles. The van der Waals surface area contributed by atoms with E-state index in [4.69, 9.17) is 17.3 Å². The van der Waals surface area contributed by atoms with E-state index in [-0.39, 0.29) is 17.6 Å². The number of nitrogen functional groups attached to an aromatic ring is 1. The van der Waals surface area contributed by atoms with Gasteiger partial charge < -0.3 is 10.6 Å². The van der Waals surface area contributed by atoms with Gasteiger partial charge in [0.1, 0.15) is 5.82 Å². The van der Waals surface area contributed by atoms with E-state index in [0.29, 0.717) is 16.3 Å². The van der Waals surface area contributed by atoms with Gasteiger partial charge in [-0.1, -0.05) is 23.7 Å². The van der Waals surface area contributed by atoms with Gasteiger partial charge >= 0.3 is 0 Å². The minimum atomic E-state index is -0.216. The predicted molar refractivity (Wildman–Crippen MR) is 107 cm³/mol. The molecule has 1 saturated heterocycles. The number of halogens is 2. The van der Waals surface area contributed by atoms with Crippen LogP contribution in [-0.4, -0.2) is 41.3 Å². The Labute approximate surface area is 164 Å². The van der Waals surface area contributed by atoms with Gasteiger partial charge in [-0.2, -0.15) is 0 Å². The summed E-state index contributed by atoms with van der Waals surface area (Å²) in [6.45, 7) is 5.48. The van der Waals surface area contributed by atoms with E-state index >= 15 is 0 Å². The van der Waals surface area contributed by atoms with Crippen molar-refractivity contribution in [2.24, 2.45) is 0 Å². The summed E-state index contributed by atoms with van der Waals surface area (Å²) in [5, 5.41) is 0.490. The van der Waals surface area contributed by atoms with Crippen LogP contribution in [0.2, 0.25) is 5.02 Å². The molecule has 2 N–H and O–H groups in total. The Balaban J connectivity index is 1.58. The zero-order valence-corrected chi connectivity index (χ0v) is 16.0. The first kappa shape index (κ1) is 19.4. The van der Waals surface area contributed by atoms with Crippen LogP contribution in [0.3, 0.4) is 0 Å². The molecule has 0 amide bonds. The maximum absolute atomic E-state index is 13.0. The summed E-state index contributed by atoms with van der Waals surface area (Å²) in [7, 11) is 0. The zero-order valence-electron chi connectivity index (χ0n) is 15.2. The highest BCUT2D eigenvalue weighted by atomic mass is 35.5. The van der Waals surface area contributed by atoms with E-state index in [9.17, 15) is 9.18 Å². The lowest BCUT2D eigenvalue weighted by Gasteiger charge is -2.39. The molecule has 2 aromatic rings. The van der Waals surface area contributed by atoms with E-state index in [0.717, 1.165) is 31.7 Å². The van der Waals surface area contributed by atoms with Gasteiger partial charge in [0.25, 0.3) is 0 Å². The fourth-order valence-corrected chi connectivity index (χ4v) is 3.43. The number of allylic oxidation sites excluding steroid dienone is 1. The minimum Gasteiger partial charge on any atom is -0.398 e. The van der Waals surface area contributed by atoms with Gasteiger partial charge in [-0.05, 0) is 42.8 Å². The van der Waals surface area contributed by atoms with Crippen LogP contribution >= 0.6 is 11.6 Å². The lowest BCUT2D eigenvalue weighted by molar-refractivity contribution is 0.103. The molecule has 1 aliphatic heterocycles. The van der Waals surface area contributed by atoms with Crippen molar-refractivity contribution in [1.82, 2.24) is 9.80 Å². The van der Waals surface area contributed by atoms with Crippen molar-refractivity contribution in [3.05, 3.63) is 76.7 Å². The Morgan fingerprint density at radius 1 is 1.26 bits per heavy atom. The summed E-state index contributed by atoms with van der Waals surface area (Å²) in [5.41, 5.74) is 7.81. The number of hydrogen-bond acceptors (Lipinski definition) is 4. The maximum Gasteiger partial charge on any atom is 0.189 e. The van der Waals surface area contributed by atoms with E-state index in [1.165, 1.54) is 12.1 Å². The monoisotopic (exact) mass is 387 g/mol. The second kappa shape index (κ2) is 8.55. The van der Waals surface area contributed by atoms with Crippen LogP contribution in [0, 0.1) is 5.82 Å². The summed E-state index contributed by atoms with van der Waals surface area (Å²) in [4.78, 5) is 16.9. The summed E-state index contributed by atoms with van der Waals surface area (Å²) in [5.74, 6) is -0.372. The highest BCUT2D eigenvalue weighted by molar-refractivity contribution is 6.31. The second-order valence-corrected chi connectivity index (χ2v) is 7.30. The number of rotatable bonds is 5. The number of piperazine rings is 1. The number of carbonyl (C=O) groups excluding carboxylic acids is 1. The Hall–Kier alpha value is -2.37. The molecule has 27 heavy (non-hydrogen) atoms. The molecule has 2 aromatic carbocycles. The molecule has 0 aliphatic carbocycles. The number of hydrogen-bond donors (Lipinski definition) is 1. The van der Waals surface area contributed by atoms with Crippen LogP contribution < -0.4 is 5.73 Å². The third-order valence-corrected chi connectivity index (χ3v) is 5.02. The van der Waals surface area contributed by atoms with Gasteiger partial charge in [-0.25, -0.2) is 4.39 Å². The second-order valence-electron chi connectivity index (χ2n) is 6.86. The summed E-state index contributed by atoms with van der Waals surface area (Å²) >= 11 is 5.96. The Bertz CT molecular complexity index is 838. The van der Waals surface area contributed by atoms with Crippen LogP contribution in [0.1, 0.15) is 22.8 Å². The SMILES string of the molecule is CC1CN(Cc2ccc(F)cc2)CCN1/C=C/C(=O)c1cc(Cl)ccc1N. The number of anilines is 1. The maximum atomic E-state index is 13.0. The third-order valence-electron chi connectivity index (χ3n) is 4.78. The quantitative estimate of drug-likeness (QED) is 0.479. The Morgan fingerprint density at radius 3 is 2.70 bits per heavy atom. The molecule has 1 atom stereocenters. The molecular formula is C21H23ClFN3O. The van der Waals surface area contributed by atoms with Crippen molar-refractivity contribution in [3.8, 4) is 0 Å². The van der Waals surface area contributed by atoms with Gasteiger partial charge in [-0.15, -0.1) is 0 Å². The zero-order chi connectivity index (χ0) is 19.4. The molecule has 1 fully saturated rings. The molecule has 4 nitrogen and oxygen atoms in total. The smallest absolute Gasteiger partial charge is 0.189 e. The number of nitrogens with two attached hydrogens (primary N) is 1. The molecule has 0 bridgehead atoms. The fourth-order valence-electron chi connectivity index (χ4n) is 3.26. The molecule has 0 radical (unpaired) electrons.